The van der Waals surface area contributed by atoms with Crippen LogP contribution in [-0.2, 0) is 22.3 Å². The number of halogens is 3. The highest BCUT2D eigenvalue weighted by Gasteiger charge is 2.54. The van der Waals surface area contributed by atoms with Gasteiger partial charge in [0, 0.05) is 19.0 Å². The number of ether oxygens (including phenoxy) is 1. The summed E-state index contributed by atoms with van der Waals surface area (Å²) in [6.07, 6.45) is 1.72. The second-order valence-corrected chi connectivity index (χ2v) is 9.00. The zero-order valence-electron chi connectivity index (χ0n) is 14.7. The Hall–Kier alpha value is -1.15. The van der Waals surface area contributed by atoms with E-state index in [1.54, 1.807) is 0 Å². The van der Waals surface area contributed by atoms with Crippen LogP contribution >= 0.6 is 11.3 Å². The van der Waals surface area contributed by atoms with Crippen molar-refractivity contribution < 1.29 is 22.7 Å². The topological polar surface area (TPSA) is 43.6 Å². The third kappa shape index (κ3) is 3.15. The lowest BCUT2D eigenvalue weighted by molar-refractivity contribution is -0.145. The molecule has 4 fully saturated rings. The summed E-state index contributed by atoms with van der Waals surface area (Å²) in [5, 5.41) is 1.04. The Labute approximate surface area is 154 Å². The summed E-state index contributed by atoms with van der Waals surface area (Å²) in [5.74, 6) is 1.57. The monoisotopic (exact) mass is 388 g/mol. The third-order valence-corrected chi connectivity index (χ3v) is 7.16. The Balaban J connectivity index is 1.68. The number of carbonyl (C=O) groups is 1. The molecule has 0 spiro atoms. The Morgan fingerprint density at radius 1 is 1.27 bits per heavy atom. The van der Waals surface area contributed by atoms with Crippen molar-refractivity contribution in [2.75, 3.05) is 13.7 Å². The van der Waals surface area contributed by atoms with Crippen LogP contribution in [0.4, 0.5) is 13.2 Å². The number of carbonyl (C=O) groups excluding carboxylic acids is 1. The molecule has 4 bridgehead atoms. The number of hydrogen-bond acceptors (Lipinski definition) is 3. The van der Waals surface area contributed by atoms with Gasteiger partial charge in [0.2, 0.25) is 0 Å². The highest BCUT2D eigenvalue weighted by atomic mass is 32.1. The van der Waals surface area contributed by atoms with Gasteiger partial charge in [-0.1, -0.05) is 0 Å². The van der Waals surface area contributed by atoms with Gasteiger partial charge in [0.25, 0.3) is 5.91 Å². The van der Waals surface area contributed by atoms with Crippen molar-refractivity contribution in [3.63, 3.8) is 0 Å². The Morgan fingerprint density at radius 3 is 2.35 bits per heavy atom. The number of rotatable bonds is 4. The van der Waals surface area contributed by atoms with E-state index in [0.717, 1.165) is 40.5 Å². The third-order valence-electron chi connectivity index (χ3n) is 6.30. The molecule has 0 unspecified atom stereocenters. The molecule has 0 aliphatic heterocycles. The molecule has 5 rings (SSSR count). The molecule has 0 radical (unpaired) electrons. The van der Waals surface area contributed by atoms with Crippen LogP contribution in [0.15, 0.2) is 10.4 Å². The van der Waals surface area contributed by atoms with Crippen molar-refractivity contribution in [1.82, 2.24) is 4.57 Å². The van der Waals surface area contributed by atoms with E-state index in [9.17, 15) is 18.0 Å². The van der Waals surface area contributed by atoms with E-state index in [4.69, 9.17) is 4.74 Å². The van der Waals surface area contributed by atoms with Crippen molar-refractivity contribution in [1.29, 1.82) is 0 Å². The van der Waals surface area contributed by atoms with Crippen molar-refractivity contribution in [2.45, 2.75) is 51.2 Å². The van der Waals surface area contributed by atoms with Crippen LogP contribution in [0.25, 0.3) is 0 Å². The summed E-state index contributed by atoms with van der Waals surface area (Å²) in [4.78, 5) is 17.4. The standard InChI is InChI=1S/C18H23F3N2O2S/c1-25-3-2-23-14(18(19,20)21)10-26-16(23)22-15(24)17-7-11-4-12(8-17)6-13(5-11)9-17/h10-13H,2-9H2,1H3. The van der Waals surface area contributed by atoms with Gasteiger partial charge in [-0.25, -0.2) is 0 Å². The molecule has 1 aromatic heterocycles. The first-order valence-electron chi connectivity index (χ1n) is 9.14. The average molecular weight is 388 g/mol. The van der Waals surface area contributed by atoms with Crippen LogP contribution < -0.4 is 4.80 Å². The summed E-state index contributed by atoms with van der Waals surface area (Å²) in [6.45, 7) is 0.167. The fraction of sp³-hybridized carbons (Fsp3) is 0.778. The fourth-order valence-electron chi connectivity index (χ4n) is 5.62. The molecule has 4 aliphatic carbocycles. The normalized spacial score (nSPS) is 33.8. The van der Waals surface area contributed by atoms with Gasteiger partial charge in [0.15, 0.2) is 4.80 Å². The summed E-state index contributed by atoms with van der Waals surface area (Å²) in [7, 11) is 1.44. The van der Waals surface area contributed by atoms with E-state index in [-0.39, 0.29) is 23.9 Å². The first-order chi connectivity index (χ1) is 12.3. The second-order valence-electron chi connectivity index (χ2n) is 8.16. The highest BCUT2D eigenvalue weighted by molar-refractivity contribution is 7.07. The molecule has 1 aromatic rings. The molecule has 4 nitrogen and oxygen atoms in total. The first kappa shape index (κ1) is 18.2. The van der Waals surface area contributed by atoms with Crippen molar-refractivity contribution in [2.24, 2.45) is 28.2 Å². The quantitative estimate of drug-likeness (QED) is 0.786. The minimum atomic E-state index is -4.47. The number of aromatic nitrogens is 1. The molecule has 0 aromatic carbocycles. The van der Waals surface area contributed by atoms with Crippen molar-refractivity contribution in [3.05, 3.63) is 15.9 Å². The van der Waals surface area contributed by atoms with Crippen molar-refractivity contribution >= 4 is 17.2 Å². The number of hydrogen-bond donors (Lipinski definition) is 0. The lowest BCUT2D eigenvalue weighted by atomic mass is 9.49. The van der Waals surface area contributed by atoms with E-state index in [1.165, 1.54) is 26.4 Å². The van der Waals surface area contributed by atoms with Gasteiger partial charge in [0.05, 0.1) is 12.0 Å². The van der Waals surface area contributed by atoms with E-state index >= 15 is 0 Å². The van der Waals surface area contributed by atoms with Crippen LogP contribution in [-0.4, -0.2) is 24.2 Å². The smallest absolute Gasteiger partial charge is 0.383 e. The second kappa shape index (κ2) is 6.48. The average Bonchev–Trinajstić information content (AvgIpc) is 2.94. The fourth-order valence-corrected chi connectivity index (χ4v) is 6.55. The highest BCUT2D eigenvalue weighted by Crippen LogP contribution is 2.60. The van der Waals surface area contributed by atoms with Crippen LogP contribution in [0, 0.1) is 23.2 Å². The maximum Gasteiger partial charge on any atom is 0.432 e. The summed E-state index contributed by atoms with van der Waals surface area (Å²) >= 11 is 0.886. The van der Waals surface area contributed by atoms with Gasteiger partial charge in [-0.2, -0.15) is 18.2 Å². The van der Waals surface area contributed by atoms with Crippen LogP contribution in [0.2, 0.25) is 0 Å². The molecule has 8 heteroatoms. The summed E-state index contributed by atoms with van der Waals surface area (Å²) < 4.78 is 45.8. The maximum atomic E-state index is 13.3. The van der Waals surface area contributed by atoms with Gasteiger partial charge >= 0.3 is 6.18 Å². The minimum Gasteiger partial charge on any atom is -0.383 e. The molecule has 0 saturated heterocycles. The summed E-state index contributed by atoms with van der Waals surface area (Å²) in [6, 6.07) is 0. The SMILES string of the molecule is COCCn1c(C(F)(F)F)csc1=NC(=O)C12CC3CC(CC(C3)C1)C2. The number of amides is 1. The number of methoxy groups -OCH3 is 1. The van der Waals surface area contributed by atoms with E-state index in [2.05, 4.69) is 4.99 Å². The molecular weight excluding hydrogens is 365 g/mol. The number of alkyl halides is 3. The van der Waals surface area contributed by atoms with Gasteiger partial charge in [-0.05, 0) is 56.3 Å². The number of nitrogens with zero attached hydrogens (tertiary/aromatic N) is 2. The van der Waals surface area contributed by atoms with Gasteiger partial charge in [-0.15, -0.1) is 11.3 Å². The van der Waals surface area contributed by atoms with E-state index in [0.29, 0.717) is 17.8 Å². The Morgan fingerprint density at radius 2 is 1.85 bits per heavy atom. The largest absolute Gasteiger partial charge is 0.432 e. The van der Waals surface area contributed by atoms with Crippen LogP contribution in [0.1, 0.15) is 44.2 Å². The lowest BCUT2D eigenvalue weighted by Crippen LogP contribution is -2.50. The predicted octanol–water partition coefficient (Wildman–Crippen LogP) is 3.86. The van der Waals surface area contributed by atoms with Crippen LogP contribution in [0.5, 0.6) is 0 Å². The van der Waals surface area contributed by atoms with Gasteiger partial charge < -0.3 is 9.30 Å². The zero-order valence-corrected chi connectivity index (χ0v) is 15.5. The predicted molar refractivity (Wildman–Crippen MR) is 90.4 cm³/mol. The van der Waals surface area contributed by atoms with Crippen molar-refractivity contribution in [3.8, 4) is 0 Å². The molecule has 0 atom stereocenters. The minimum absolute atomic E-state index is 0.0296. The van der Waals surface area contributed by atoms with Crippen LogP contribution in [0.3, 0.4) is 0 Å². The Kier molecular flexibility index (Phi) is 4.54. The maximum absolute atomic E-state index is 13.3. The molecule has 144 valence electrons. The summed E-state index contributed by atoms with van der Waals surface area (Å²) in [5.41, 5.74) is -1.20. The zero-order chi connectivity index (χ0) is 18.5. The molecular formula is C18H23F3N2O2S. The molecule has 4 aliphatic rings. The van der Waals surface area contributed by atoms with E-state index < -0.39 is 17.3 Å². The molecule has 0 N–H and O–H groups in total. The lowest BCUT2D eigenvalue weighted by Gasteiger charge is -2.55. The first-order valence-corrected chi connectivity index (χ1v) is 10.0. The number of thiazole rings is 1. The molecule has 26 heavy (non-hydrogen) atoms. The van der Waals surface area contributed by atoms with Gasteiger partial charge in [-0.3, -0.25) is 4.79 Å². The Bertz CT molecular complexity index is 730. The van der Waals surface area contributed by atoms with Gasteiger partial charge in [0.1, 0.15) is 5.69 Å². The molecule has 4 saturated carbocycles. The molecule has 1 heterocycles. The molecule has 1 amide bonds. The van der Waals surface area contributed by atoms with E-state index in [1.807, 2.05) is 0 Å².